The maximum atomic E-state index is 12.4. The van der Waals surface area contributed by atoms with Gasteiger partial charge in [-0.2, -0.15) is 0 Å². The number of hydrogen-bond donors (Lipinski definition) is 3. The Bertz CT molecular complexity index is 940. The van der Waals surface area contributed by atoms with Crippen LogP contribution in [0.4, 0.5) is 4.79 Å². The second-order valence-electron chi connectivity index (χ2n) is 8.38. The number of carboxylic acids is 1. The van der Waals surface area contributed by atoms with Crippen LogP contribution in [0.3, 0.4) is 0 Å². The van der Waals surface area contributed by atoms with E-state index in [1.165, 1.54) is 0 Å². The molecule has 0 heterocycles. The second-order valence-corrected chi connectivity index (χ2v) is 8.38. The molecule has 0 radical (unpaired) electrons. The summed E-state index contributed by atoms with van der Waals surface area (Å²) in [4.78, 5) is 35.7. The molecule has 0 saturated carbocycles. The molecule has 1 unspecified atom stereocenters. The van der Waals surface area contributed by atoms with Crippen LogP contribution in [-0.2, 0) is 14.3 Å². The van der Waals surface area contributed by atoms with Crippen LogP contribution in [-0.4, -0.2) is 41.3 Å². The van der Waals surface area contributed by atoms with Gasteiger partial charge in [-0.15, -0.1) is 0 Å². The lowest BCUT2D eigenvalue weighted by Gasteiger charge is -2.26. The van der Waals surface area contributed by atoms with Crippen molar-refractivity contribution in [1.29, 1.82) is 0 Å². The molecular weight excluding hydrogens is 396 g/mol. The fourth-order valence-electron chi connectivity index (χ4n) is 3.94. The van der Waals surface area contributed by atoms with Crippen LogP contribution in [0, 0.1) is 0 Å². The monoisotopic (exact) mass is 424 g/mol. The molecule has 2 amide bonds. The number of hydrogen-bond acceptors (Lipinski definition) is 4. The largest absolute Gasteiger partial charge is 0.480 e. The maximum Gasteiger partial charge on any atom is 0.407 e. The van der Waals surface area contributed by atoms with Crippen LogP contribution >= 0.6 is 0 Å². The Hall–Kier alpha value is -3.35. The van der Waals surface area contributed by atoms with Crippen LogP contribution < -0.4 is 10.6 Å². The van der Waals surface area contributed by atoms with Gasteiger partial charge in [0.2, 0.25) is 5.91 Å². The number of aliphatic carboxylic acids is 1. The number of amides is 2. The minimum absolute atomic E-state index is 0.0505. The quantitative estimate of drug-likeness (QED) is 0.600. The van der Waals surface area contributed by atoms with E-state index in [9.17, 15) is 14.4 Å². The Labute approximate surface area is 181 Å². The molecule has 0 bridgehead atoms. The van der Waals surface area contributed by atoms with Gasteiger partial charge in [0.05, 0.1) is 0 Å². The van der Waals surface area contributed by atoms with E-state index in [0.717, 1.165) is 22.3 Å². The average molecular weight is 424 g/mol. The summed E-state index contributed by atoms with van der Waals surface area (Å²) >= 11 is 0. The highest BCUT2D eigenvalue weighted by molar-refractivity contribution is 5.84. The van der Waals surface area contributed by atoms with Crippen molar-refractivity contribution in [2.45, 2.75) is 51.1 Å². The first kappa shape index (κ1) is 22.3. The van der Waals surface area contributed by atoms with Crippen LogP contribution in [0.2, 0.25) is 0 Å². The van der Waals surface area contributed by atoms with Crippen molar-refractivity contribution in [3.63, 3.8) is 0 Å². The Balaban J connectivity index is 1.59. The first-order valence-electron chi connectivity index (χ1n) is 10.4. The SMILES string of the molecule is CCC(NC(=O)CC(C)(C)NC(=O)OCC1c2ccccc2-c2ccccc21)C(=O)O. The van der Waals surface area contributed by atoms with Crippen LogP contribution in [0.1, 0.15) is 50.7 Å². The van der Waals surface area contributed by atoms with Gasteiger partial charge in [0.15, 0.2) is 0 Å². The third-order valence-corrected chi connectivity index (χ3v) is 5.43. The maximum absolute atomic E-state index is 12.4. The summed E-state index contributed by atoms with van der Waals surface area (Å²) in [7, 11) is 0. The molecule has 0 saturated heterocycles. The number of alkyl carbamates (subject to hydrolysis) is 1. The summed E-state index contributed by atoms with van der Waals surface area (Å²) in [5.41, 5.74) is 3.63. The fourth-order valence-corrected chi connectivity index (χ4v) is 3.94. The van der Waals surface area contributed by atoms with Crippen molar-refractivity contribution in [3.05, 3.63) is 59.7 Å². The van der Waals surface area contributed by atoms with Gasteiger partial charge in [-0.05, 0) is 42.5 Å². The molecule has 1 atom stereocenters. The molecule has 1 aliphatic carbocycles. The predicted molar refractivity (Wildman–Crippen MR) is 117 cm³/mol. The number of ether oxygens (including phenoxy) is 1. The highest BCUT2D eigenvalue weighted by Crippen LogP contribution is 2.44. The first-order valence-corrected chi connectivity index (χ1v) is 10.4. The summed E-state index contributed by atoms with van der Waals surface area (Å²) in [5, 5.41) is 14.2. The molecule has 3 N–H and O–H groups in total. The molecule has 3 rings (SSSR count). The molecule has 7 heteroatoms. The molecule has 0 aromatic heterocycles. The van der Waals surface area contributed by atoms with Crippen molar-refractivity contribution >= 4 is 18.0 Å². The number of carboxylic acid groups (broad SMARTS) is 1. The van der Waals surface area contributed by atoms with E-state index in [1.54, 1.807) is 20.8 Å². The number of fused-ring (bicyclic) bond motifs is 3. The summed E-state index contributed by atoms with van der Waals surface area (Å²) < 4.78 is 5.52. The third-order valence-electron chi connectivity index (χ3n) is 5.43. The minimum Gasteiger partial charge on any atom is -0.480 e. The van der Waals surface area contributed by atoms with E-state index in [2.05, 4.69) is 22.8 Å². The van der Waals surface area contributed by atoms with Gasteiger partial charge in [-0.1, -0.05) is 55.5 Å². The van der Waals surface area contributed by atoms with E-state index >= 15 is 0 Å². The average Bonchev–Trinajstić information content (AvgIpc) is 3.03. The van der Waals surface area contributed by atoms with E-state index in [4.69, 9.17) is 9.84 Å². The highest BCUT2D eigenvalue weighted by Gasteiger charge is 2.31. The lowest BCUT2D eigenvalue weighted by molar-refractivity contribution is -0.142. The summed E-state index contributed by atoms with van der Waals surface area (Å²) in [6.07, 6.45) is -0.410. The Morgan fingerprint density at radius 1 is 1.03 bits per heavy atom. The van der Waals surface area contributed by atoms with Crippen molar-refractivity contribution in [3.8, 4) is 11.1 Å². The molecular formula is C24H28N2O5. The molecule has 2 aromatic carbocycles. The van der Waals surface area contributed by atoms with E-state index in [1.807, 2.05) is 36.4 Å². The number of benzene rings is 2. The Kier molecular flexibility index (Phi) is 6.63. The van der Waals surface area contributed by atoms with Gasteiger partial charge in [0, 0.05) is 17.9 Å². The van der Waals surface area contributed by atoms with Gasteiger partial charge in [0.1, 0.15) is 12.6 Å². The van der Waals surface area contributed by atoms with Gasteiger partial charge < -0.3 is 20.5 Å². The molecule has 7 nitrogen and oxygen atoms in total. The number of nitrogens with one attached hydrogen (secondary N) is 2. The summed E-state index contributed by atoms with van der Waals surface area (Å²) in [6.45, 7) is 5.24. The lowest BCUT2D eigenvalue weighted by Crippen LogP contribution is -2.49. The number of rotatable bonds is 8. The van der Waals surface area contributed by atoms with Crippen molar-refractivity contribution in [2.24, 2.45) is 0 Å². The van der Waals surface area contributed by atoms with Gasteiger partial charge in [0.25, 0.3) is 0 Å². The molecule has 31 heavy (non-hydrogen) atoms. The van der Waals surface area contributed by atoms with Crippen molar-refractivity contribution in [1.82, 2.24) is 10.6 Å². The number of carbonyl (C=O) groups excluding carboxylic acids is 2. The second kappa shape index (κ2) is 9.20. The van der Waals surface area contributed by atoms with Crippen LogP contribution in [0.15, 0.2) is 48.5 Å². The minimum atomic E-state index is -1.09. The number of carbonyl (C=O) groups is 3. The summed E-state index contributed by atoms with van der Waals surface area (Å²) in [5.74, 6) is -1.58. The van der Waals surface area contributed by atoms with Gasteiger partial charge in [-0.3, -0.25) is 4.79 Å². The predicted octanol–water partition coefficient (Wildman–Crippen LogP) is 3.67. The van der Waals surface area contributed by atoms with Crippen LogP contribution in [0.25, 0.3) is 11.1 Å². The zero-order chi connectivity index (χ0) is 22.6. The molecule has 0 aliphatic heterocycles. The highest BCUT2D eigenvalue weighted by atomic mass is 16.5. The molecule has 1 aliphatic rings. The molecule has 0 fully saturated rings. The van der Waals surface area contributed by atoms with Gasteiger partial charge in [-0.25, -0.2) is 9.59 Å². The third kappa shape index (κ3) is 5.23. The van der Waals surface area contributed by atoms with E-state index in [-0.39, 0.29) is 25.4 Å². The zero-order valence-electron chi connectivity index (χ0n) is 18.0. The molecule has 2 aromatic rings. The first-order chi connectivity index (χ1) is 14.7. The standard InChI is InChI=1S/C24H28N2O5/c1-4-20(22(28)29)25-21(27)13-24(2,3)26-23(30)31-14-19-17-11-7-5-9-15(17)16-10-6-8-12-18(16)19/h5-12,19-20H,4,13-14H2,1-3H3,(H,25,27)(H,26,30)(H,28,29). The Morgan fingerprint density at radius 3 is 2.10 bits per heavy atom. The Morgan fingerprint density at radius 2 is 1.58 bits per heavy atom. The van der Waals surface area contributed by atoms with Crippen molar-refractivity contribution < 1.29 is 24.2 Å². The fraction of sp³-hybridized carbons (Fsp3) is 0.375. The lowest BCUT2D eigenvalue weighted by atomic mass is 9.98. The molecule has 164 valence electrons. The van der Waals surface area contributed by atoms with E-state index in [0.29, 0.717) is 0 Å². The van der Waals surface area contributed by atoms with Gasteiger partial charge >= 0.3 is 12.1 Å². The zero-order valence-corrected chi connectivity index (χ0v) is 18.0. The summed E-state index contributed by atoms with van der Waals surface area (Å²) in [6, 6.07) is 15.2. The molecule has 0 spiro atoms. The van der Waals surface area contributed by atoms with Crippen molar-refractivity contribution in [2.75, 3.05) is 6.61 Å². The van der Waals surface area contributed by atoms with Crippen LogP contribution in [0.5, 0.6) is 0 Å². The van der Waals surface area contributed by atoms with E-state index < -0.39 is 29.6 Å². The smallest absolute Gasteiger partial charge is 0.407 e. The topological polar surface area (TPSA) is 105 Å². The normalized spacial score (nSPS) is 13.6.